The van der Waals surface area contributed by atoms with Crippen molar-refractivity contribution in [2.24, 2.45) is 0 Å². The minimum absolute atomic E-state index is 0.406. The Balaban J connectivity index is 1.59. The summed E-state index contributed by atoms with van der Waals surface area (Å²) in [6.07, 6.45) is 0.406. The SMILES string of the molecule is CN[C@@H](Cc1ccc(Oc2ccc(Oc3ccc(Cl)cc3)cc2)cc1)C(=O)O. The molecule has 0 heterocycles. The molecule has 0 fully saturated rings. The summed E-state index contributed by atoms with van der Waals surface area (Å²) in [6, 6.07) is 21.2. The number of aliphatic carboxylic acids is 1. The Morgan fingerprint density at radius 1 is 0.857 bits per heavy atom. The van der Waals surface area contributed by atoms with Crippen molar-refractivity contribution in [3.63, 3.8) is 0 Å². The minimum atomic E-state index is -0.872. The summed E-state index contributed by atoms with van der Waals surface area (Å²) in [4.78, 5) is 11.1. The highest BCUT2D eigenvalue weighted by molar-refractivity contribution is 6.30. The molecule has 2 N–H and O–H groups in total. The van der Waals surface area contributed by atoms with Crippen LogP contribution in [0.2, 0.25) is 5.02 Å². The zero-order chi connectivity index (χ0) is 19.9. The third-order valence-electron chi connectivity index (χ3n) is 4.12. The summed E-state index contributed by atoms with van der Waals surface area (Å²) in [5, 5.41) is 12.5. The zero-order valence-corrected chi connectivity index (χ0v) is 16.0. The van der Waals surface area contributed by atoms with E-state index in [0.717, 1.165) is 5.56 Å². The van der Waals surface area contributed by atoms with Crippen LogP contribution in [0.3, 0.4) is 0 Å². The predicted molar refractivity (Wildman–Crippen MR) is 109 cm³/mol. The number of benzene rings is 3. The Morgan fingerprint density at radius 2 is 1.25 bits per heavy atom. The Morgan fingerprint density at radius 3 is 1.64 bits per heavy atom. The van der Waals surface area contributed by atoms with Gasteiger partial charge >= 0.3 is 5.97 Å². The Labute approximate surface area is 168 Å². The molecule has 6 heteroatoms. The fraction of sp³-hybridized carbons (Fsp3) is 0.136. The molecule has 0 spiro atoms. The van der Waals surface area contributed by atoms with Crippen molar-refractivity contribution in [2.45, 2.75) is 12.5 Å². The highest BCUT2D eigenvalue weighted by Gasteiger charge is 2.15. The maximum absolute atomic E-state index is 11.1. The Hall–Kier alpha value is -3.02. The second kappa shape index (κ2) is 9.26. The summed E-state index contributed by atoms with van der Waals surface area (Å²) in [5.74, 6) is 1.87. The molecule has 0 bridgehead atoms. The van der Waals surface area contributed by atoms with E-state index in [-0.39, 0.29) is 0 Å². The second-order valence-electron chi connectivity index (χ2n) is 6.16. The Bertz CT molecular complexity index is 909. The molecule has 3 rings (SSSR count). The van der Waals surface area contributed by atoms with Crippen LogP contribution in [0.4, 0.5) is 0 Å². The molecule has 0 saturated heterocycles. The van der Waals surface area contributed by atoms with Gasteiger partial charge in [0, 0.05) is 5.02 Å². The van der Waals surface area contributed by atoms with Crippen LogP contribution < -0.4 is 14.8 Å². The normalized spacial score (nSPS) is 11.6. The van der Waals surface area contributed by atoms with Crippen LogP contribution in [0.25, 0.3) is 0 Å². The van der Waals surface area contributed by atoms with Crippen LogP contribution in [0.15, 0.2) is 72.8 Å². The van der Waals surface area contributed by atoms with Crippen molar-refractivity contribution in [1.82, 2.24) is 5.32 Å². The van der Waals surface area contributed by atoms with Gasteiger partial charge in [0.1, 0.15) is 29.0 Å². The van der Waals surface area contributed by atoms with E-state index in [0.29, 0.717) is 34.4 Å². The third-order valence-corrected chi connectivity index (χ3v) is 4.37. The molecule has 1 atom stereocenters. The monoisotopic (exact) mass is 397 g/mol. The van der Waals surface area contributed by atoms with Crippen molar-refractivity contribution >= 4 is 17.6 Å². The number of carbonyl (C=O) groups is 1. The number of likely N-dealkylation sites (N-methyl/N-ethyl adjacent to an activating group) is 1. The van der Waals surface area contributed by atoms with Gasteiger partial charge in [-0.2, -0.15) is 0 Å². The fourth-order valence-electron chi connectivity index (χ4n) is 2.59. The summed E-state index contributed by atoms with van der Waals surface area (Å²) in [7, 11) is 1.64. The van der Waals surface area contributed by atoms with Gasteiger partial charge in [0.2, 0.25) is 0 Å². The number of rotatable bonds is 8. The van der Waals surface area contributed by atoms with E-state index in [9.17, 15) is 4.79 Å². The van der Waals surface area contributed by atoms with Crippen molar-refractivity contribution in [3.8, 4) is 23.0 Å². The number of carboxylic acids is 1. The predicted octanol–water partition coefficient (Wildman–Crippen LogP) is 5.14. The quantitative estimate of drug-likeness (QED) is 0.550. The molecule has 28 heavy (non-hydrogen) atoms. The first-order valence-corrected chi connectivity index (χ1v) is 9.11. The molecule has 5 nitrogen and oxygen atoms in total. The van der Waals surface area contributed by atoms with Gasteiger partial charge in [-0.3, -0.25) is 4.79 Å². The number of carboxylic acid groups (broad SMARTS) is 1. The molecule has 0 saturated carbocycles. The molecule has 0 aliphatic carbocycles. The smallest absolute Gasteiger partial charge is 0.321 e. The zero-order valence-electron chi connectivity index (χ0n) is 15.3. The van der Waals surface area contributed by atoms with Gasteiger partial charge in [-0.25, -0.2) is 0 Å². The van der Waals surface area contributed by atoms with Crippen LogP contribution in [-0.2, 0) is 11.2 Å². The lowest BCUT2D eigenvalue weighted by molar-refractivity contribution is -0.139. The van der Waals surface area contributed by atoms with Crippen LogP contribution >= 0.6 is 11.6 Å². The first-order valence-electron chi connectivity index (χ1n) is 8.74. The van der Waals surface area contributed by atoms with Crippen LogP contribution in [-0.4, -0.2) is 24.2 Å². The van der Waals surface area contributed by atoms with Gasteiger partial charge in [-0.15, -0.1) is 0 Å². The molecule has 0 aliphatic heterocycles. The second-order valence-corrected chi connectivity index (χ2v) is 6.59. The van der Waals surface area contributed by atoms with Crippen LogP contribution in [0, 0.1) is 0 Å². The lowest BCUT2D eigenvalue weighted by atomic mass is 10.1. The van der Waals surface area contributed by atoms with E-state index < -0.39 is 12.0 Å². The van der Waals surface area contributed by atoms with Gasteiger partial charge in [-0.1, -0.05) is 23.7 Å². The van der Waals surface area contributed by atoms with Crippen molar-refractivity contribution in [1.29, 1.82) is 0 Å². The molecule has 0 radical (unpaired) electrons. The fourth-order valence-corrected chi connectivity index (χ4v) is 2.72. The van der Waals surface area contributed by atoms with E-state index in [1.807, 2.05) is 48.5 Å². The standard InChI is InChI=1S/C22H20ClNO4/c1-24-21(22(25)26)14-15-2-6-17(7-3-15)27-19-10-12-20(13-11-19)28-18-8-4-16(23)5-9-18/h2-13,21,24H,14H2,1H3,(H,25,26)/t21-/m0/s1. The molecular formula is C22H20ClNO4. The number of hydrogen-bond acceptors (Lipinski definition) is 4. The largest absolute Gasteiger partial charge is 0.480 e. The summed E-state index contributed by atoms with van der Waals surface area (Å²) >= 11 is 5.87. The number of nitrogens with one attached hydrogen (secondary N) is 1. The minimum Gasteiger partial charge on any atom is -0.480 e. The van der Waals surface area contributed by atoms with Gasteiger partial charge < -0.3 is 19.9 Å². The summed E-state index contributed by atoms with van der Waals surface area (Å²) in [6.45, 7) is 0. The van der Waals surface area contributed by atoms with Crippen molar-refractivity contribution < 1.29 is 19.4 Å². The van der Waals surface area contributed by atoms with E-state index in [2.05, 4.69) is 5.32 Å². The average Bonchev–Trinajstić information content (AvgIpc) is 2.70. The van der Waals surface area contributed by atoms with E-state index in [1.54, 1.807) is 31.3 Å². The molecule has 3 aromatic rings. The van der Waals surface area contributed by atoms with E-state index in [4.69, 9.17) is 26.2 Å². The van der Waals surface area contributed by atoms with Crippen LogP contribution in [0.5, 0.6) is 23.0 Å². The van der Waals surface area contributed by atoms with Gasteiger partial charge in [0.15, 0.2) is 0 Å². The molecule has 0 amide bonds. The van der Waals surface area contributed by atoms with Crippen molar-refractivity contribution in [3.05, 3.63) is 83.4 Å². The van der Waals surface area contributed by atoms with Gasteiger partial charge in [0.05, 0.1) is 0 Å². The lowest BCUT2D eigenvalue weighted by Crippen LogP contribution is -2.35. The molecule has 3 aromatic carbocycles. The first kappa shape index (κ1) is 19.7. The van der Waals surface area contributed by atoms with E-state index >= 15 is 0 Å². The molecular weight excluding hydrogens is 378 g/mol. The Kier molecular flexibility index (Phi) is 6.53. The maximum Gasteiger partial charge on any atom is 0.321 e. The van der Waals surface area contributed by atoms with Crippen LogP contribution in [0.1, 0.15) is 5.56 Å². The van der Waals surface area contributed by atoms with Crippen molar-refractivity contribution in [2.75, 3.05) is 7.05 Å². The third kappa shape index (κ3) is 5.49. The number of hydrogen-bond donors (Lipinski definition) is 2. The maximum atomic E-state index is 11.1. The number of ether oxygens (including phenoxy) is 2. The molecule has 0 unspecified atom stereocenters. The molecule has 144 valence electrons. The highest BCUT2D eigenvalue weighted by atomic mass is 35.5. The molecule has 0 aromatic heterocycles. The van der Waals surface area contributed by atoms with Gasteiger partial charge in [0.25, 0.3) is 0 Å². The number of halogens is 1. The topological polar surface area (TPSA) is 67.8 Å². The highest BCUT2D eigenvalue weighted by Crippen LogP contribution is 2.27. The average molecular weight is 398 g/mol. The first-order chi connectivity index (χ1) is 13.5. The molecule has 0 aliphatic rings. The van der Waals surface area contributed by atoms with E-state index in [1.165, 1.54) is 0 Å². The van der Waals surface area contributed by atoms with Gasteiger partial charge in [-0.05, 0) is 79.7 Å². The summed E-state index contributed by atoms with van der Waals surface area (Å²) in [5.41, 5.74) is 0.917. The lowest BCUT2D eigenvalue weighted by Gasteiger charge is -2.12. The summed E-state index contributed by atoms with van der Waals surface area (Å²) < 4.78 is 11.6.